The molecule has 4 rings (SSSR count). The van der Waals surface area contributed by atoms with Crippen molar-refractivity contribution in [2.75, 3.05) is 17.1 Å². The molecule has 0 heterocycles. The lowest BCUT2D eigenvalue weighted by molar-refractivity contribution is -0.140. The first-order chi connectivity index (χ1) is 19.5. The number of rotatable bonds is 11. The predicted octanol–water partition coefficient (Wildman–Crippen LogP) is 5.42. The second-order valence-electron chi connectivity index (χ2n) is 10.9. The number of carbonyl (C=O) groups excluding carboxylic acids is 2. The Morgan fingerprint density at radius 2 is 1.63 bits per heavy atom. The van der Waals surface area contributed by atoms with Crippen LogP contribution in [-0.2, 0) is 32.6 Å². The van der Waals surface area contributed by atoms with Gasteiger partial charge >= 0.3 is 0 Å². The minimum atomic E-state index is -3.86. The number of carbonyl (C=O) groups is 2. The van der Waals surface area contributed by atoms with E-state index in [1.807, 2.05) is 61.5 Å². The predicted molar refractivity (Wildman–Crippen MR) is 164 cm³/mol. The molecule has 7 nitrogen and oxygen atoms in total. The summed E-state index contributed by atoms with van der Waals surface area (Å²) in [6.07, 6.45) is 5.30. The number of halogens is 1. The lowest BCUT2D eigenvalue weighted by atomic mass is 10.0. The van der Waals surface area contributed by atoms with Gasteiger partial charge in [-0.05, 0) is 55.5 Å². The van der Waals surface area contributed by atoms with Gasteiger partial charge in [0.1, 0.15) is 12.6 Å². The van der Waals surface area contributed by atoms with E-state index < -0.39 is 28.5 Å². The summed E-state index contributed by atoms with van der Waals surface area (Å²) < 4.78 is 27.1. The number of sulfonamides is 1. The number of aryl methyl sites for hydroxylation is 2. The first-order valence-corrected chi connectivity index (χ1v) is 16.2. The Hall–Kier alpha value is -3.36. The summed E-state index contributed by atoms with van der Waals surface area (Å²) in [6, 6.07) is 21.5. The number of anilines is 1. The molecule has 9 heteroatoms. The van der Waals surface area contributed by atoms with Gasteiger partial charge in [0.2, 0.25) is 21.8 Å². The third-order valence-corrected chi connectivity index (χ3v) is 8.89. The van der Waals surface area contributed by atoms with Crippen LogP contribution in [0.2, 0.25) is 5.02 Å². The fraction of sp³-hybridized carbons (Fsp3) is 0.375. The number of nitrogens with one attached hydrogen (secondary N) is 1. The summed E-state index contributed by atoms with van der Waals surface area (Å²) in [5, 5.41) is 3.54. The molecule has 0 spiro atoms. The van der Waals surface area contributed by atoms with Crippen LogP contribution in [0.25, 0.3) is 0 Å². The Labute approximate surface area is 248 Å². The molecule has 1 atom stereocenters. The summed E-state index contributed by atoms with van der Waals surface area (Å²) in [4.78, 5) is 29.7. The van der Waals surface area contributed by atoms with Crippen LogP contribution in [0, 0.1) is 13.8 Å². The molecule has 1 saturated carbocycles. The standard InChI is InChI=1S/C32H38ClN3O4S/c1-23-10-9-13-26(18-23)21-35(31(37)22-36(41(3,39)40)29-20-27(33)17-16-24(29)2)30(19-25-11-5-4-6-12-25)32(38)34-28-14-7-8-15-28/h4-6,9-13,16-18,20,28,30H,7-8,14-15,19,21-22H2,1-3H3,(H,34,38). The molecule has 0 aromatic heterocycles. The van der Waals surface area contributed by atoms with Crippen molar-refractivity contribution in [3.8, 4) is 0 Å². The molecule has 3 aromatic carbocycles. The fourth-order valence-corrected chi connectivity index (χ4v) is 6.44. The molecule has 0 saturated heterocycles. The van der Waals surface area contributed by atoms with Crippen molar-refractivity contribution in [1.82, 2.24) is 10.2 Å². The highest BCUT2D eigenvalue weighted by molar-refractivity contribution is 7.92. The number of hydrogen-bond acceptors (Lipinski definition) is 4. The van der Waals surface area contributed by atoms with Crippen LogP contribution in [0.3, 0.4) is 0 Å². The lowest BCUT2D eigenvalue weighted by Crippen LogP contribution is -2.54. The zero-order valence-electron chi connectivity index (χ0n) is 23.8. The Bertz CT molecular complexity index is 1470. The maximum atomic E-state index is 14.2. The maximum Gasteiger partial charge on any atom is 0.244 e. The van der Waals surface area contributed by atoms with E-state index >= 15 is 0 Å². The minimum Gasteiger partial charge on any atom is -0.352 e. The fourth-order valence-electron chi connectivity index (χ4n) is 5.37. The molecular weight excluding hydrogens is 558 g/mol. The normalized spacial score (nSPS) is 14.4. The Morgan fingerprint density at radius 1 is 0.951 bits per heavy atom. The van der Waals surface area contributed by atoms with E-state index in [1.165, 1.54) is 4.90 Å². The molecule has 2 amide bonds. The van der Waals surface area contributed by atoms with Gasteiger partial charge in [0, 0.05) is 24.0 Å². The first-order valence-electron chi connectivity index (χ1n) is 13.9. The van der Waals surface area contributed by atoms with Crippen molar-refractivity contribution in [2.45, 2.75) is 64.6 Å². The van der Waals surface area contributed by atoms with Gasteiger partial charge in [-0.3, -0.25) is 13.9 Å². The monoisotopic (exact) mass is 595 g/mol. The summed E-state index contributed by atoms with van der Waals surface area (Å²) in [6.45, 7) is 3.43. The van der Waals surface area contributed by atoms with Crippen LogP contribution >= 0.6 is 11.6 Å². The van der Waals surface area contributed by atoms with Gasteiger partial charge in [-0.15, -0.1) is 0 Å². The van der Waals surface area contributed by atoms with E-state index in [-0.39, 0.29) is 18.5 Å². The number of amides is 2. The molecule has 0 aliphatic heterocycles. The topological polar surface area (TPSA) is 86.8 Å². The van der Waals surface area contributed by atoms with Crippen molar-refractivity contribution in [1.29, 1.82) is 0 Å². The third-order valence-electron chi connectivity index (χ3n) is 7.53. The van der Waals surface area contributed by atoms with Crippen LogP contribution in [0.5, 0.6) is 0 Å². The van der Waals surface area contributed by atoms with Gasteiger partial charge in [-0.25, -0.2) is 8.42 Å². The van der Waals surface area contributed by atoms with Crippen LogP contribution in [0.15, 0.2) is 72.8 Å². The largest absolute Gasteiger partial charge is 0.352 e. The molecule has 1 aliphatic carbocycles. The summed E-state index contributed by atoms with van der Waals surface area (Å²) >= 11 is 6.23. The van der Waals surface area contributed by atoms with Crippen LogP contribution in [-0.4, -0.2) is 50.0 Å². The molecule has 41 heavy (non-hydrogen) atoms. The van der Waals surface area contributed by atoms with Gasteiger partial charge in [-0.1, -0.05) is 90.7 Å². The second-order valence-corrected chi connectivity index (χ2v) is 13.2. The van der Waals surface area contributed by atoms with Crippen molar-refractivity contribution >= 4 is 39.1 Å². The van der Waals surface area contributed by atoms with E-state index in [2.05, 4.69) is 5.32 Å². The molecular formula is C32H38ClN3O4S. The molecule has 0 bridgehead atoms. The summed E-state index contributed by atoms with van der Waals surface area (Å²) in [7, 11) is -3.86. The number of nitrogens with zero attached hydrogens (tertiary/aromatic N) is 2. The van der Waals surface area contributed by atoms with E-state index in [0.717, 1.165) is 52.9 Å². The average Bonchev–Trinajstić information content (AvgIpc) is 3.43. The Balaban J connectivity index is 1.74. The van der Waals surface area contributed by atoms with Crippen LogP contribution in [0.1, 0.15) is 47.9 Å². The van der Waals surface area contributed by atoms with Crippen molar-refractivity contribution in [3.05, 3.63) is 100 Å². The minimum absolute atomic E-state index is 0.0679. The van der Waals surface area contributed by atoms with Gasteiger partial charge in [0.15, 0.2) is 0 Å². The third kappa shape index (κ3) is 8.33. The molecule has 218 valence electrons. The molecule has 1 aliphatic rings. The maximum absolute atomic E-state index is 14.2. The zero-order valence-corrected chi connectivity index (χ0v) is 25.4. The number of hydrogen-bond donors (Lipinski definition) is 1. The highest BCUT2D eigenvalue weighted by Gasteiger charge is 2.34. The van der Waals surface area contributed by atoms with Gasteiger partial charge in [-0.2, -0.15) is 0 Å². The Morgan fingerprint density at radius 3 is 2.29 bits per heavy atom. The summed E-state index contributed by atoms with van der Waals surface area (Å²) in [5.41, 5.74) is 3.79. The van der Waals surface area contributed by atoms with Gasteiger partial charge in [0.05, 0.1) is 11.9 Å². The van der Waals surface area contributed by atoms with E-state index in [0.29, 0.717) is 22.7 Å². The summed E-state index contributed by atoms with van der Waals surface area (Å²) in [5.74, 6) is -0.703. The van der Waals surface area contributed by atoms with E-state index in [4.69, 9.17) is 11.6 Å². The van der Waals surface area contributed by atoms with Gasteiger partial charge < -0.3 is 10.2 Å². The average molecular weight is 596 g/mol. The van der Waals surface area contributed by atoms with Crippen molar-refractivity contribution < 1.29 is 18.0 Å². The quantitative estimate of drug-likeness (QED) is 0.321. The van der Waals surface area contributed by atoms with E-state index in [9.17, 15) is 18.0 Å². The highest BCUT2D eigenvalue weighted by atomic mass is 35.5. The first kappa shape index (κ1) is 30.6. The second kappa shape index (κ2) is 13.5. The van der Waals surface area contributed by atoms with E-state index in [1.54, 1.807) is 25.1 Å². The van der Waals surface area contributed by atoms with Crippen LogP contribution < -0.4 is 9.62 Å². The van der Waals surface area contributed by atoms with Crippen LogP contribution in [0.4, 0.5) is 5.69 Å². The van der Waals surface area contributed by atoms with Crippen molar-refractivity contribution in [2.24, 2.45) is 0 Å². The smallest absolute Gasteiger partial charge is 0.244 e. The molecule has 1 unspecified atom stereocenters. The zero-order chi connectivity index (χ0) is 29.6. The SMILES string of the molecule is Cc1cccc(CN(C(=O)CN(c2cc(Cl)ccc2C)S(C)(=O)=O)C(Cc2ccccc2)C(=O)NC2CCCC2)c1. The van der Waals surface area contributed by atoms with Crippen molar-refractivity contribution in [3.63, 3.8) is 0 Å². The molecule has 0 radical (unpaired) electrons. The molecule has 3 aromatic rings. The lowest BCUT2D eigenvalue weighted by Gasteiger charge is -2.34. The molecule has 1 fully saturated rings. The molecule has 1 N–H and O–H groups in total. The highest BCUT2D eigenvalue weighted by Crippen LogP contribution is 2.27. The Kier molecular flexibility index (Phi) is 10.1. The number of benzene rings is 3. The van der Waals surface area contributed by atoms with Gasteiger partial charge in [0.25, 0.3) is 0 Å².